The Bertz CT molecular complexity index is 1080. The monoisotopic (exact) mass is 526 g/mol. The molecule has 0 radical (unpaired) electrons. The highest BCUT2D eigenvalue weighted by Gasteiger charge is 2.25. The van der Waals surface area contributed by atoms with Crippen molar-refractivity contribution in [2.24, 2.45) is 0 Å². The van der Waals surface area contributed by atoms with Crippen molar-refractivity contribution in [3.63, 3.8) is 0 Å². The second-order valence-corrected chi connectivity index (χ2v) is 9.23. The van der Waals surface area contributed by atoms with E-state index in [0.717, 1.165) is 46.7 Å². The molecule has 0 saturated heterocycles. The molecule has 1 saturated carbocycles. The molecule has 0 bridgehead atoms. The average molecular weight is 527 g/mol. The molecule has 1 amide bonds. The van der Waals surface area contributed by atoms with Crippen LogP contribution in [0.3, 0.4) is 0 Å². The molecule has 1 aliphatic carbocycles. The number of rotatable bonds is 13. The van der Waals surface area contributed by atoms with Gasteiger partial charge in [-0.1, -0.05) is 19.1 Å². The molecule has 2 aromatic heterocycles. The Morgan fingerprint density at radius 3 is 2.76 bits per heavy atom. The van der Waals surface area contributed by atoms with Gasteiger partial charge >= 0.3 is 0 Å². The first kappa shape index (κ1) is 24.2. The zero-order chi connectivity index (χ0) is 23.8. The molecule has 1 aromatic carbocycles. The van der Waals surface area contributed by atoms with Gasteiger partial charge in [-0.3, -0.25) is 9.89 Å². The molecule has 2 heterocycles. The third-order valence-electron chi connectivity index (χ3n) is 5.56. The Morgan fingerprint density at radius 1 is 1.18 bits per heavy atom. The minimum atomic E-state index is 0.0863. The van der Waals surface area contributed by atoms with Gasteiger partial charge in [-0.25, -0.2) is 4.98 Å². The van der Waals surface area contributed by atoms with Crippen LogP contribution in [0.15, 0.2) is 41.0 Å². The zero-order valence-electron chi connectivity index (χ0n) is 19.3. The highest BCUT2D eigenvalue weighted by molar-refractivity contribution is 9.10. The summed E-state index contributed by atoms with van der Waals surface area (Å²) in [6.45, 7) is 4.67. The SMILES string of the molecule is CCNCCCNC(=O)CCc1ccc(Nc2ncc(Br)c(Nc3cc(C4CC4)[nH]n3)n2)cc1. The van der Waals surface area contributed by atoms with E-state index in [4.69, 9.17) is 0 Å². The van der Waals surface area contributed by atoms with E-state index in [1.807, 2.05) is 30.3 Å². The molecular weight excluding hydrogens is 496 g/mol. The second kappa shape index (κ2) is 11.9. The van der Waals surface area contributed by atoms with Crippen LogP contribution in [0.2, 0.25) is 0 Å². The van der Waals surface area contributed by atoms with Crippen LogP contribution < -0.4 is 21.3 Å². The number of carbonyl (C=O) groups is 1. The Hall–Kier alpha value is -2.98. The summed E-state index contributed by atoms with van der Waals surface area (Å²) >= 11 is 3.50. The lowest BCUT2D eigenvalue weighted by molar-refractivity contribution is -0.121. The summed E-state index contributed by atoms with van der Waals surface area (Å²) in [6.07, 6.45) is 6.27. The van der Waals surface area contributed by atoms with E-state index in [2.05, 4.69) is 64.3 Å². The molecule has 9 nitrogen and oxygen atoms in total. The lowest BCUT2D eigenvalue weighted by Gasteiger charge is -2.09. The maximum absolute atomic E-state index is 12.0. The number of carbonyl (C=O) groups excluding carboxylic acids is 1. The smallest absolute Gasteiger partial charge is 0.229 e. The van der Waals surface area contributed by atoms with Gasteiger partial charge < -0.3 is 21.3 Å². The van der Waals surface area contributed by atoms with Gasteiger partial charge in [-0.05, 0) is 72.4 Å². The summed E-state index contributed by atoms with van der Waals surface area (Å²) in [7, 11) is 0. The van der Waals surface area contributed by atoms with E-state index in [-0.39, 0.29) is 5.91 Å². The Labute approximate surface area is 208 Å². The van der Waals surface area contributed by atoms with Gasteiger partial charge in [0, 0.05) is 42.5 Å². The van der Waals surface area contributed by atoms with Crippen LogP contribution in [0.25, 0.3) is 0 Å². The molecule has 0 spiro atoms. The van der Waals surface area contributed by atoms with Crippen molar-refractivity contribution in [1.29, 1.82) is 0 Å². The van der Waals surface area contributed by atoms with Gasteiger partial charge in [-0.2, -0.15) is 10.1 Å². The largest absolute Gasteiger partial charge is 0.356 e. The van der Waals surface area contributed by atoms with Crippen LogP contribution in [0.4, 0.5) is 23.3 Å². The minimum Gasteiger partial charge on any atom is -0.356 e. The van der Waals surface area contributed by atoms with E-state index in [1.54, 1.807) is 6.20 Å². The van der Waals surface area contributed by atoms with Gasteiger partial charge in [0.1, 0.15) is 0 Å². The molecule has 0 aliphatic heterocycles. The fraction of sp³-hybridized carbons (Fsp3) is 0.417. The molecule has 1 fully saturated rings. The number of H-pyrrole nitrogens is 1. The molecule has 10 heteroatoms. The zero-order valence-corrected chi connectivity index (χ0v) is 20.9. The molecule has 180 valence electrons. The predicted octanol–water partition coefficient (Wildman–Crippen LogP) is 4.38. The number of aryl methyl sites for hydroxylation is 1. The van der Waals surface area contributed by atoms with Crippen molar-refractivity contribution < 1.29 is 4.79 Å². The molecule has 5 N–H and O–H groups in total. The van der Waals surface area contributed by atoms with Crippen molar-refractivity contribution >= 4 is 45.1 Å². The van der Waals surface area contributed by atoms with Crippen LogP contribution in [-0.2, 0) is 11.2 Å². The first-order valence-corrected chi connectivity index (χ1v) is 12.6. The molecule has 0 unspecified atom stereocenters. The number of nitrogens with zero attached hydrogens (tertiary/aromatic N) is 3. The van der Waals surface area contributed by atoms with Crippen molar-refractivity contribution in [2.75, 3.05) is 30.3 Å². The molecule has 0 atom stereocenters. The summed E-state index contributed by atoms with van der Waals surface area (Å²) in [5, 5.41) is 20.1. The van der Waals surface area contributed by atoms with Gasteiger partial charge in [0.05, 0.1) is 4.47 Å². The quantitative estimate of drug-likeness (QED) is 0.209. The summed E-state index contributed by atoms with van der Waals surface area (Å²) < 4.78 is 0.754. The molecule has 34 heavy (non-hydrogen) atoms. The number of nitrogens with one attached hydrogen (secondary N) is 5. The highest BCUT2D eigenvalue weighted by atomic mass is 79.9. The fourth-order valence-electron chi connectivity index (χ4n) is 3.49. The Morgan fingerprint density at radius 2 is 2.00 bits per heavy atom. The van der Waals surface area contributed by atoms with Crippen LogP contribution in [-0.4, -0.2) is 45.7 Å². The van der Waals surface area contributed by atoms with Crippen LogP contribution in [0.5, 0.6) is 0 Å². The number of hydrogen-bond acceptors (Lipinski definition) is 7. The fourth-order valence-corrected chi connectivity index (χ4v) is 3.78. The van der Waals surface area contributed by atoms with Crippen molar-refractivity contribution in [3.8, 4) is 0 Å². The number of aromatic amines is 1. The predicted molar refractivity (Wildman–Crippen MR) is 138 cm³/mol. The van der Waals surface area contributed by atoms with Gasteiger partial charge in [-0.15, -0.1) is 0 Å². The van der Waals surface area contributed by atoms with Crippen LogP contribution in [0, 0.1) is 0 Å². The number of benzene rings is 1. The van der Waals surface area contributed by atoms with Crippen LogP contribution >= 0.6 is 15.9 Å². The van der Waals surface area contributed by atoms with E-state index in [9.17, 15) is 4.79 Å². The highest BCUT2D eigenvalue weighted by Crippen LogP contribution is 2.39. The Kier molecular flexibility index (Phi) is 8.48. The lowest BCUT2D eigenvalue weighted by Crippen LogP contribution is -2.27. The molecule has 4 rings (SSSR count). The van der Waals surface area contributed by atoms with Crippen molar-refractivity contribution in [2.45, 2.75) is 44.9 Å². The van der Waals surface area contributed by atoms with Crippen LogP contribution in [0.1, 0.15) is 49.8 Å². The van der Waals surface area contributed by atoms with E-state index < -0.39 is 0 Å². The third-order valence-corrected chi connectivity index (χ3v) is 6.14. The van der Waals surface area contributed by atoms with E-state index in [1.165, 1.54) is 12.8 Å². The summed E-state index contributed by atoms with van der Waals surface area (Å²) in [6, 6.07) is 10.0. The second-order valence-electron chi connectivity index (χ2n) is 8.38. The lowest BCUT2D eigenvalue weighted by atomic mass is 10.1. The standard InChI is InChI=1S/C24H31BrN8O/c1-2-26-12-3-13-27-22(34)11-6-16-4-9-18(10-5-16)29-24-28-15-19(25)23(31-24)30-21-14-20(32-33-21)17-7-8-17/h4-5,9-10,14-15,17,26H,2-3,6-8,11-13H2,1H3,(H,27,34)(H3,28,29,30,31,32,33). The van der Waals surface area contributed by atoms with E-state index >= 15 is 0 Å². The summed E-state index contributed by atoms with van der Waals surface area (Å²) in [4.78, 5) is 20.9. The average Bonchev–Trinajstić information content (AvgIpc) is 3.59. The van der Waals surface area contributed by atoms with Crippen molar-refractivity contribution in [1.82, 2.24) is 30.8 Å². The summed E-state index contributed by atoms with van der Waals surface area (Å²) in [5.41, 5.74) is 3.14. The number of hydrogen-bond donors (Lipinski definition) is 5. The Balaban J connectivity index is 1.26. The molecular formula is C24H31BrN8O. The summed E-state index contributed by atoms with van der Waals surface area (Å²) in [5.74, 6) is 2.55. The number of halogens is 1. The molecule has 1 aliphatic rings. The number of aromatic nitrogens is 4. The third kappa shape index (κ3) is 7.26. The topological polar surface area (TPSA) is 120 Å². The number of anilines is 4. The minimum absolute atomic E-state index is 0.0863. The van der Waals surface area contributed by atoms with E-state index in [0.29, 0.717) is 37.1 Å². The van der Waals surface area contributed by atoms with Gasteiger partial charge in [0.2, 0.25) is 11.9 Å². The van der Waals surface area contributed by atoms with Crippen molar-refractivity contribution in [3.05, 3.63) is 52.3 Å². The first-order chi connectivity index (χ1) is 16.6. The number of amides is 1. The first-order valence-electron chi connectivity index (χ1n) is 11.8. The maximum Gasteiger partial charge on any atom is 0.229 e. The normalized spacial score (nSPS) is 13.0. The maximum atomic E-state index is 12.0. The van der Waals surface area contributed by atoms with Gasteiger partial charge in [0.15, 0.2) is 11.6 Å². The molecule has 3 aromatic rings. The van der Waals surface area contributed by atoms with Gasteiger partial charge in [0.25, 0.3) is 0 Å².